The summed E-state index contributed by atoms with van der Waals surface area (Å²) in [5.74, 6) is 1.35. The van der Waals surface area contributed by atoms with Crippen LogP contribution < -0.4 is 15.2 Å². The van der Waals surface area contributed by atoms with E-state index < -0.39 is 11.0 Å². The number of rotatable bonds is 3. The molecule has 0 aromatic heterocycles. The van der Waals surface area contributed by atoms with Crippen LogP contribution in [-0.4, -0.2) is 24.5 Å². The largest absolute Gasteiger partial charge is 0.490 e. The average molecular weight is 277 g/mol. The fraction of sp³-hybridized carbons (Fsp3) is 0.562. The maximum atomic E-state index is 12.7. The van der Waals surface area contributed by atoms with Crippen molar-refractivity contribution in [3.05, 3.63) is 23.8 Å². The third-order valence-electron chi connectivity index (χ3n) is 4.19. The van der Waals surface area contributed by atoms with Gasteiger partial charge in [-0.15, -0.1) is 0 Å². The molecule has 0 amide bonds. The Morgan fingerprint density at radius 1 is 1.10 bits per heavy atom. The molecule has 0 saturated carbocycles. The van der Waals surface area contributed by atoms with Gasteiger partial charge in [-0.1, -0.05) is 13.8 Å². The third-order valence-corrected chi connectivity index (χ3v) is 4.19. The molecular formula is C16H23NO3. The monoisotopic (exact) mass is 277 g/mol. The van der Waals surface area contributed by atoms with E-state index in [-0.39, 0.29) is 5.78 Å². The molecule has 4 heteroatoms. The van der Waals surface area contributed by atoms with E-state index in [4.69, 9.17) is 15.2 Å². The smallest absolute Gasteiger partial charge is 0.170 e. The second-order valence-corrected chi connectivity index (χ2v) is 6.39. The molecule has 2 rings (SSSR count). The van der Waals surface area contributed by atoms with E-state index in [9.17, 15) is 4.79 Å². The molecule has 1 heterocycles. The van der Waals surface area contributed by atoms with Crippen molar-refractivity contribution in [2.75, 3.05) is 13.2 Å². The van der Waals surface area contributed by atoms with Gasteiger partial charge in [0.05, 0.1) is 13.2 Å². The van der Waals surface area contributed by atoms with Gasteiger partial charge < -0.3 is 15.2 Å². The first-order valence-electron chi connectivity index (χ1n) is 6.97. The molecule has 110 valence electrons. The van der Waals surface area contributed by atoms with Gasteiger partial charge in [0, 0.05) is 22.9 Å². The van der Waals surface area contributed by atoms with Gasteiger partial charge in [0.25, 0.3) is 0 Å². The van der Waals surface area contributed by atoms with Crippen LogP contribution in [0.25, 0.3) is 0 Å². The van der Waals surface area contributed by atoms with Crippen molar-refractivity contribution in [3.63, 3.8) is 0 Å². The van der Waals surface area contributed by atoms with Crippen LogP contribution in [0, 0.1) is 5.41 Å². The van der Waals surface area contributed by atoms with Crippen LogP contribution in [0.4, 0.5) is 0 Å². The molecule has 1 aliphatic rings. The summed E-state index contributed by atoms with van der Waals surface area (Å²) in [5.41, 5.74) is 5.48. The van der Waals surface area contributed by atoms with Crippen molar-refractivity contribution in [1.29, 1.82) is 0 Å². The van der Waals surface area contributed by atoms with Crippen molar-refractivity contribution in [2.24, 2.45) is 11.1 Å². The second-order valence-electron chi connectivity index (χ2n) is 6.39. The number of benzene rings is 1. The lowest BCUT2D eigenvalue weighted by atomic mass is 9.70. The third kappa shape index (κ3) is 2.66. The highest BCUT2D eigenvalue weighted by Crippen LogP contribution is 2.36. The van der Waals surface area contributed by atoms with E-state index in [1.54, 1.807) is 18.2 Å². The number of carbonyl (C=O) groups excluding carboxylic acids is 1. The summed E-state index contributed by atoms with van der Waals surface area (Å²) in [6.07, 6.45) is 0.847. The van der Waals surface area contributed by atoms with Crippen LogP contribution in [0.3, 0.4) is 0 Å². The van der Waals surface area contributed by atoms with Gasteiger partial charge >= 0.3 is 0 Å². The minimum absolute atomic E-state index is 0.0145. The highest BCUT2D eigenvalue weighted by atomic mass is 16.5. The first-order valence-corrected chi connectivity index (χ1v) is 6.97. The fourth-order valence-electron chi connectivity index (χ4n) is 1.96. The average Bonchev–Trinajstić information content (AvgIpc) is 2.60. The Kier molecular flexibility index (Phi) is 3.78. The number of hydrogen-bond donors (Lipinski definition) is 1. The van der Waals surface area contributed by atoms with Crippen LogP contribution in [-0.2, 0) is 0 Å². The van der Waals surface area contributed by atoms with Gasteiger partial charge in [0.1, 0.15) is 0 Å². The van der Waals surface area contributed by atoms with Gasteiger partial charge in [0.2, 0.25) is 0 Å². The molecule has 1 aromatic carbocycles. The van der Waals surface area contributed by atoms with E-state index in [1.165, 1.54) is 0 Å². The molecule has 4 nitrogen and oxygen atoms in total. The number of carbonyl (C=O) groups is 1. The Hall–Kier alpha value is -1.55. The van der Waals surface area contributed by atoms with Crippen molar-refractivity contribution >= 4 is 5.78 Å². The number of Topliss-reactive ketones (excluding diaryl/α,β-unsaturated/α-hetero) is 1. The van der Waals surface area contributed by atoms with Gasteiger partial charge in [-0.3, -0.25) is 4.79 Å². The van der Waals surface area contributed by atoms with Gasteiger partial charge in [0.15, 0.2) is 17.3 Å². The summed E-state index contributed by atoms with van der Waals surface area (Å²) >= 11 is 0. The quantitative estimate of drug-likeness (QED) is 0.863. The summed E-state index contributed by atoms with van der Waals surface area (Å²) in [6.45, 7) is 8.73. The van der Waals surface area contributed by atoms with Crippen LogP contribution in [0.5, 0.6) is 11.5 Å². The maximum Gasteiger partial charge on any atom is 0.170 e. The summed E-state index contributed by atoms with van der Waals surface area (Å²) < 4.78 is 11.2. The number of ketones is 1. The molecule has 2 N–H and O–H groups in total. The topological polar surface area (TPSA) is 61.6 Å². The molecule has 0 spiro atoms. The minimum Gasteiger partial charge on any atom is -0.490 e. The van der Waals surface area contributed by atoms with Crippen molar-refractivity contribution in [3.8, 4) is 11.5 Å². The number of nitrogens with two attached hydrogens (primary N) is 1. The van der Waals surface area contributed by atoms with Gasteiger partial charge in [-0.2, -0.15) is 0 Å². The number of fused-ring (bicyclic) bond motifs is 1. The molecular weight excluding hydrogens is 254 g/mol. The molecule has 20 heavy (non-hydrogen) atoms. The van der Waals surface area contributed by atoms with Gasteiger partial charge in [-0.05, 0) is 32.0 Å². The van der Waals surface area contributed by atoms with Crippen LogP contribution >= 0.6 is 0 Å². The molecule has 0 unspecified atom stereocenters. The lowest BCUT2D eigenvalue weighted by Crippen LogP contribution is -2.51. The zero-order valence-corrected chi connectivity index (χ0v) is 12.7. The Balaban J connectivity index is 2.34. The Morgan fingerprint density at radius 3 is 2.30 bits per heavy atom. The van der Waals surface area contributed by atoms with Crippen LogP contribution in [0.15, 0.2) is 18.2 Å². The summed E-state index contributed by atoms with van der Waals surface area (Å²) in [6, 6.07) is 5.34. The predicted octanol–water partition coefficient (Wildman–Crippen LogP) is 2.79. The molecule has 0 radical (unpaired) electrons. The number of ether oxygens (including phenoxy) is 2. The van der Waals surface area contributed by atoms with Crippen molar-refractivity contribution in [2.45, 2.75) is 39.7 Å². The maximum absolute atomic E-state index is 12.7. The Labute approximate surface area is 120 Å². The van der Waals surface area contributed by atoms with E-state index in [0.717, 1.165) is 6.42 Å². The molecule has 1 aliphatic heterocycles. The highest BCUT2D eigenvalue weighted by Gasteiger charge is 2.40. The Morgan fingerprint density at radius 2 is 1.70 bits per heavy atom. The first kappa shape index (κ1) is 14.9. The molecule has 0 fully saturated rings. The van der Waals surface area contributed by atoms with Crippen LogP contribution in [0.1, 0.15) is 44.5 Å². The molecule has 0 bridgehead atoms. The normalized spacial score (nSPS) is 15.7. The lowest BCUT2D eigenvalue weighted by molar-refractivity contribution is 0.0734. The van der Waals surface area contributed by atoms with Crippen molar-refractivity contribution in [1.82, 2.24) is 0 Å². The molecule has 0 aliphatic carbocycles. The second kappa shape index (κ2) is 5.09. The van der Waals surface area contributed by atoms with E-state index in [2.05, 4.69) is 0 Å². The zero-order chi connectivity index (χ0) is 15.0. The Bertz CT molecular complexity index is 515. The predicted molar refractivity (Wildman–Crippen MR) is 78.4 cm³/mol. The molecule has 0 atom stereocenters. The van der Waals surface area contributed by atoms with E-state index >= 15 is 0 Å². The highest BCUT2D eigenvalue weighted by molar-refractivity contribution is 6.01. The summed E-state index contributed by atoms with van der Waals surface area (Å²) in [5, 5.41) is 0. The molecule has 0 saturated heterocycles. The van der Waals surface area contributed by atoms with E-state index in [1.807, 2.05) is 27.7 Å². The standard InChI is InChI=1S/C16H23NO3/c1-15(2,16(3,4)17)14(18)11-6-7-12-13(10-11)20-9-5-8-19-12/h6-7,10H,5,8-9,17H2,1-4H3. The van der Waals surface area contributed by atoms with E-state index in [0.29, 0.717) is 30.3 Å². The zero-order valence-electron chi connectivity index (χ0n) is 12.7. The molecule has 1 aromatic rings. The SMILES string of the molecule is CC(C)(N)C(C)(C)C(=O)c1ccc2c(c1)OCCCO2. The van der Waals surface area contributed by atoms with Gasteiger partial charge in [-0.25, -0.2) is 0 Å². The first-order chi connectivity index (χ1) is 9.23. The fourth-order valence-corrected chi connectivity index (χ4v) is 1.96. The summed E-state index contributed by atoms with van der Waals surface area (Å²) in [4.78, 5) is 12.7. The summed E-state index contributed by atoms with van der Waals surface area (Å²) in [7, 11) is 0. The number of hydrogen-bond acceptors (Lipinski definition) is 4. The lowest BCUT2D eigenvalue weighted by Gasteiger charge is -2.37. The minimum atomic E-state index is -0.660. The van der Waals surface area contributed by atoms with Crippen LogP contribution in [0.2, 0.25) is 0 Å². The van der Waals surface area contributed by atoms with Crippen molar-refractivity contribution < 1.29 is 14.3 Å².